The number of alkyl carbamates (subject to hydrolysis) is 1. The van der Waals surface area contributed by atoms with Crippen LogP contribution in [0.4, 0.5) is 4.79 Å². The van der Waals surface area contributed by atoms with Gasteiger partial charge in [0, 0.05) is 5.41 Å². The van der Waals surface area contributed by atoms with Crippen molar-refractivity contribution in [3.8, 4) is 0 Å². The van der Waals surface area contributed by atoms with Crippen molar-refractivity contribution in [1.82, 2.24) is 5.32 Å². The molecule has 2 N–H and O–H groups in total. The van der Waals surface area contributed by atoms with Gasteiger partial charge in [0.25, 0.3) is 0 Å². The van der Waals surface area contributed by atoms with Crippen LogP contribution in [0.2, 0.25) is 0 Å². The molecule has 0 radical (unpaired) electrons. The number of aliphatic hydroxyl groups excluding tert-OH is 1. The Labute approximate surface area is 114 Å². The highest BCUT2D eigenvalue weighted by Gasteiger charge is 2.34. The van der Waals surface area contributed by atoms with E-state index in [0.29, 0.717) is 0 Å². The fourth-order valence-corrected chi connectivity index (χ4v) is 1.21. The van der Waals surface area contributed by atoms with E-state index in [1.165, 1.54) is 7.11 Å². The molecule has 0 rings (SSSR count). The van der Waals surface area contributed by atoms with Crippen LogP contribution in [0.3, 0.4) is 0 Å². The number of carbonyl (C=O) groups excluding carboxylic acids is 2. The number of hydrogen-bond donors (Lipinski definition) is 2. The molecule has 1 atom stereocenters. The van der Waals surface area contributed by atoms with Crippen molar-refractivity contribution >= 4 is 12.1 Å². The molecule has 0 aliphatic heterocycles. The van der Waals surface area contributed by atoms with Gasteiger partial charge < -0.3 is 19.9 Å². The minimum atomic E-state index is -0.790. The van der Waals surface area contributed by atoms with E-state index in [2.05, 4.69) is 10.1 Å². The Morgan fingerprint density at radius 2 is 1.74 bits per heavy atom. The Morgan fingerprint density at radius 1 is 1.21 bits per heavy atom. The molecular weight excluding hydrogens is 250 g/mol. The maximum atomic E-state index is 11.7. The Hall–Kier alpha value is -1.30. The Morgan fingerprint density at radius 3 is 2.11 bits per heavy atom. The number of hydrogen-bond acceptors (Lipinski definition) is 5. The van der Waals surface area contributed by atoms with Crippen LogP contribution < -0.4 is 5.32 Å². The van der Waals surface area contributed by atoms with Crippen LogP contribution >= 0.6 is 0 Å². The number of rotatable bonds is 5. The van der Waals surface area contributed by atoms with Crippen LogP contribution in [0.25, 0.3) is 0 Å². The Kier molecular flexibility index (Phi) is 6.29. The Balaban J connectivity index is 4.54. The third kappa shape index (κ3) is 6.42. The summed E-state index contributed by atoms with van der Waals surface area (Å²) in [6, 6.07) is -0.790. The summed E-state index contributed by atoms with van der Waals surface area (Å²) in [5.74, 6) is -0.522. The third-order valence-electron chi connectivity index (χ3n) is 2.59. The molecule has 0 aliphatic rings. The molecule has 0 aromatic carbocycles. The summed E-state index contributed by atoms with van der Waals surface area (Å²) in [6.45, 7) is 8.93. The summed E-state index contributed by atoms with van der Waals surface area (Å²) in [6.07, 6.45) is -0.702. The smallest absolute Gasteiger partial charge is 0.407 e. The quantitative estimate of drug-likeness (QED) is 0.739. The lowest BCUT2D eigenvalue weighted by molar-refractivity contribution is -0.145. The van der Waals surface area contributed by atoms with Gasteiger partial charge in [-0.15, -0.1) is 0 Å². The highest BCUT2D eigenvalue weighted by Crippen LogP contribution is 2.20. The average molecular weight is 275 g/mol. The van der Waals surface area contributed by atoms with Gasteiger partial charge in [-0.25, -0.2) is 9.59 Å². The van der Waals surface area contributed by atoms with Crippen LogP contribution in [-0.2, 0) is 14.3 Å². The molecule has 0 saturated carbocycles. The van der Waals surface area contributed by atoms with Gasteiger partial charge in [-0.3, -0.25) is 0 Å². The van der Waals surface area contributed by atoms with Crippen LogP contribution in [0.1, 0.15) is 34.6 Å². The SMILES string of the molecule is COC(=O)[C@@H](NC(=O)OCC(C)(C)CO)C(C)(C)C. The topological polar surface area (TPSA) is 84.9 Å². The van der Waals surface area contributed by atoms with Gasteiger partial charge >= 0.3 is 12.1 Å². The number of carbonyl (C=O) groups is 2. The van der Waals surface area contributed by atoms with E-state index in [-0.39, 0.29) is 13.2 Å². The summed E-state index contributed by atoms with van der Waals surface area (Å²) in [5, 5.41) is 11.5. The van der Waals surface area contributed by atoms with Crippen molar-refractivity contribution in [2.75, 3.05) is 20.3 Å². The molecule has 6 nitrogen and oxygen atoms in total. The van der Waals surface area contributed by atoms with Gasteiger partial charge in [-0.05, 0) is 5.41 Å². The van der Waals surface area contributed by atoms with E-state index < -0.39 is 28.9 Å². The van der Waals surface area contributed by atoms with Crippen LogP contribution in [0, 0.1) is 10.8 Å². The van der Waals surface area contributed by atoms with Gasteiger partial charge in [-0.1, -0.05) is 34.6 Å². The third-order valence-corrected chi connectivity index (χ3v) is 2.59. The van der Waals surface area contributed by atoms with Gasteiger partial charge in [-0.2, -0.15) is 0 Å². The van der Waals surface area contributed by atoms with Gasteiger partial charge in [0.2, 0.25) is 0 Å². The highest BCUT2D eigenvalue weighted by molar-refractivity contribution is 5.82. The predicted octanol–water partition coefficient (Wildman–Crippen LogP) is 1.32. The first-order valence-electron chi connectivity index (χ1n) is 6.15. The summed E-state index contributed by atoms with van der Waals surface area (Å²) in [5.41, 5.74) is -1.00. The fraction of sp³-hybridized carbons (Fsp3) is 0.846. The molecule has 0 spiro atoms. The summed E-state index contributed by atoms with van der Waals surface area (Å²) in [4.78, 5) is 23.3. The maximum absolute atomic E-state index is 11.7. The molecule has 0 bridgehead atoms. The zero-order valence-corrected chi connectivity index (χ0v) is 12.6. The average Bonchev–Trinajstić information content (AvgIpc) is 2.31. The van der Waals surface area contributed by atoms with Crippen molar-refractivity contribution in [3.05, 3.63) is 0 Å². The first kappa shape index (κ1) is 17.7. The standard InChI is InChI=1S/C13H25NO5/c1-12(2,3)9(10(16)18-6)14-11(17)19-8-13(4,5)7-15/h9,15H,7-8H2,1-6H3,(H,14,17)/t9-/m1/s1. The molecule has 1 amide bonds. The Bertz CT molecular complexity index is 319. The predicted molar refractivity (Wildman–Crippen MR) is 70.6 cm³/mol. The second-order valence-electron chi connectivity index (χ2n) is 6.36. The molecule has 0 saturated heterocycles. The second-order valence-corrected chi connectivity index (χ2v) is 6.36. The number of ether oxygens (including phenoxy) is 2. The first-order valence-corrected chi connectivity index (χ1v) is 6.15. The lowest BCUT2D eigenvalue weighted by Crippen LogP contribution is -2.50. The fourth-order valence-electron chi connectivity index (χ4n) is 1.21. The molecule has 0 aromatic heterocycles. The van der Waals surface area contributed by atoms with Gasteiger partial charge in [0.05, 0.1) is 13.7 Å². The van der Waals surface area contributed by atoms with Crippen LogP contribution in [0.15, 0.2) is 0 Å². The number of amides is 1. The molecule has 0 aromatic rings. The second kappa shape index (κ2) is 6.75. The zero-order chi connectivity index (χ0) is 15.3. The van der Waals surface area contributed by atoms with E-state index >= 15 is 0 Å². The largest absolute Gasteiger partial charge is 0.467 e. The number of esters is 1. The number of aliphatic hydroxyl groups is 1. The minimum Gasteiger partial charge on any atom is -0.467 e. The molecule has 6 heteroatoms. The maximum Gasteiger partial charge on any atom is 0.407 e. The molecule has 112 valence electrons. The first-order chi connectivity index (χ1) is 8.53. The van der Waals surface area contributed by atoms with Crippen molar-refractivity contribution < 1.29 is 24.2 Å². The zero-order valence-electron chi connectivity index (χ0n) is 12.6. The molecule has 0 heterocycles. The van der Waals surface area contributed by atoms with Gasteiger partial charge in [0.1, 0.15) is 12.6 Å². The van der Waals surface area contributed by atoms with Gasteiger partial charge in [0.15, 0.2) is 0 Å². The van der Waals surface area contributed by atoms with E-state index in [9.17, 15) is 9.59 Å². The lowest BCUT2D eigenvalue weighted by Gasteiger charge is -2.29. The summed E-state index contributed by atoms with van der Waals surface area (Å²) < 4.78 is 9.66. The molecular formula is C13H25NO5. The van der Waals surface area contributed by atoms with Crippen molar-refractivity contribution in [2.45, 2.75) is 40.7 Å². The summed E-state index contributed by atoms with van der Waals surface area (Å²) in [7, 11) is 1.27. The van der Waals surface area contributed by atoms with E-state index in [1.807, 2.05) is 20.8 Å². The van der Waals surface area contributed by atoms with Crippen LogP contribution in [0.5, 0.6) is 0 Å². The molecule has 0 unspecified atom stereocenters. The number of nitrogens with one attached hydrogen (secondary N) is 1. The minimum absolute atomic E-state index is 0.0629. The number of methoxy groups -OCH3 is 1. The van der Waals surface area contributed by atoms with Crippen molar-refractivity contribution in [3.63, 3.8) is 0 Å². The lowest BCUT2D eigenvalue weighted by atomic mass is 9.87. The van der Waals surface area contributed by atoms with Crippen LogP contribution in [-0.4, -0.2) is 43.5 Å². The molecule has 0 aliphatic carbocycles. The normalized spacial score (nSPS) is 13.6. The van der Waals surface area contributed by atoms with Crippen molar-refractivity contribution in [1.29, 1.82) is 0 Å². The van der Waals surface area contributed by atoms with Crippen molar-refractivity contribution in [2.24, 2.45) is 10.8 Å². The monoisotopic (exact) mass is 275 g/mol. The summed E-state index contributed by atoms with van der Waals surface area (Å²) >= 11 is 0. The van der Waals surface area contributed by atoms with E-state index in [0.717, 1.165) is 0 Å². The van der Waals surface area contributed by atoms with E-state index in [4.69, 9.17) is 9.84 Å². The molecule has 19 heavy (non-hydrogen) atoms. The molecule has 0 fully saturated rings. The van der Waals surface area contributed by atoms with E-state index in [1.54, 1.807) is 13.8 Å². The highest BCUT2D eigenvalue weighted by atomic mass is 16.6.